The molecule has 1 amide bonds. The van der Waals surface area contributed by atoms with Gasteiger partial charge in [-0.2, -0.15) is 0 Å². The number of nitrogens with one attached hydrogen (secondary N) is 1. The zero-order valence-corrected chi connectivity index (χ0v) is 49.3. The second kappa shape index (κ2) is 63.7. The number of unbranched alkanes of at least 4 members (excludes halogenated alkanes) is 57. The van der Waals surface area contributed by atoms with E-state index in [1.54, 1.807) is 0 Å². The van der Waals surface area contributed by atoms with E-state index in [9.17, 15) is 15.0 Å². The van der Waals surface area contributed by atoms with Gasteiger partial charge >= 0.3 is 0 Å². The van der Waals surface area contributed by atoms with Gasteiger partial charge in [0.25, 0.3) is 0 Å². The molecule has 0 aromatic carbocycles. The van der Waals surface area contributed by atoms with E-state index in [1.165, 1.54) is 353 Å². The summed E-state index contributed by atoms with van der Waals surface area (Å²) in [5, 5.41) is 23.4. The molecule has 0 fully saturated rings. The Bertz CT molecular complexity index is 956. The van der Waals surface area contributed by atoms with Crippen molar-refractivity contribution in [1.29, 1.82) is 0 Å². The number of hydrogen-bond donors (Lipinski definition) is 3. The molecule has 0 aliphatic rings. The van der Waals surface area contributed by atoms with Crippen molar-refractivity contribution in [1.82, 2.24) is 5.32 Å². The molecule has 4 nitrogen and oxygen atoms in total. The molecule has 0 aromatic rings. The lowest BCUT2D eigenvalue weighted by molar-refractivity contribution is -0.123. The molecule has 0 spiro atoms. The maximum absolute atomic E-state index is 12.5. The quantitative estimate of drug-likeness (QED) is 0.0532. The van der Waals surface area contributed by atoms with E-state index in [0.29, 0.717) is 12.8 Å². The fraction of sp³-hybridized carbons (Fsp3) is 0.985. The van der Waals surface area contributed by atoms with Gasteiger partial charge in [-0.1, -0.05) is 386 Å². The van der Waals surface area contributed by atoms with Crippen molar-refractivity contribution >= 4 is 5.91 Å². The fourth-order valence-corrected chi connectivity index (χ4v) is 11.3. The van der Waals surface area contributed by atoms with E-state index in [4.69, 9.17) is 0 Å². The minimum absolute atomic E-state index is 0.0204. The minimum atomic E-state index is -0.655. The largest absolute Gasteiger partial charge is 0.394 e. The standard InChI is InChI=1S/C67H135NO3/c1-3-5-7-9-11-13-15-17-19-21-23-24-25-26-27-28-29-30-31-32-33-34-35-36-37-38-39-40-41-42-43-45-47-49-51-53-55-57-59-61-63-67(71)68-65(64-69)66(70)62-60-58-56-54-52-50-48-46-44-22-20-18-16-14-12-10-8-6-4-2/h65-66,69-70H,3-64H2,1-2H3,(H,68,71). The maximum Gasteiger partial charge on any atom is 0.220 e. The zero-order valence-electron chi connectivity index (χ0n) is 49.3. The molecule has 4 heteroatoms. The predicted octanol–water partition coefficient (Wildman–Crippen LogP) is 22.7. The number of rotatable bonds is 64. The van der Waals surface area contributed by atoms with Crippen molar-refractivity contribution in [3.63, 3.8) is 0 Å². The molecule has 3 N–H and O–H groups in total. The molecule has 0 radical (unpaired) electrons. The van der Waals surface area contributed by atoms with Crippen molar-refractivity contribution in [2.24, 2.45) is 0 Å². The smallest absolute Gasteiger partial charge is 0.220 e. The van der Waals surface area contributed by atoms with Crippen LogP contribution in [0.1, 0.15) is 406 Å². The van der Waals surface area contributed by atoms with Gasteiger partial charge < -0.3 is 15.5 Å². The molecule has 426 valence electrons. The van der Waals surface area contributed by atoms with Crippen molar-refractivity contribution in [3.05, 3.63) is 0 Å². The first-order valence-electron chi connectivity index (χ1n) is 33.7. The van der Waals surface area contributed by atoms with E-state index in [-0.39, 0.29) is 12.5 Å². The molecule has 0 rings (SSSR count). The zero-order chi connectivity index (χ0) is 51.3. The average molecular weight is 1000 g/mol. The second-order valence-corrected chi connectivity index (χ2v) is 23.6. The maximum atomic E-state index is 12.5. The van der Waals surface area contributed by atoms with Gasteiger partial charge in [-0.25, -0.2) is 0 Å². The molecule has 2 unspecified atom stereocenters. The van der Waals surface area contributed by atoms with Crippen LogP contribution in [-0.2, 0) is 4.79 Å². The van der Waals surface area contributed by atoms with Crippen LogP contribution < -0.4 is 5.32 Å². The third-order valence-corrected chi connectivity index (χ3v) is 16.4. The summed E-state index contributed by atoms with van der Waals surface area (Å²) in [5.41, 5.74) is 0. The molecule has 2 atom stereocenters. The van der Waals surface area contributed by atoms with Gasteiger partial charge in [0.05, 0.1) is 18.8 Å². The highest BCUT2D eigenvalue weighted by molar-refractivity contribution is 5.76. The highest BCUT2D eigenvalue weighted by atomic mass is 16.3. The summed E-state index contributed by atoms with van der Waals surface area (Å²) in [5.74, 6) is -0.0204. The van der Waals surface area contributed by atoms with Crippen LogP contribution in [0.2, 0.25) is 0 Å². The number of carbonyl (C=O) groups excluding carboxylic acids is 1. The highest BCUT2D eigenvalue weighted by Gasteiger charge is 2.20. The van der Waals surface area contributed by atoms with Gasteiger partial charge in [0.2, 0.25) is 5.91 Å². The average Bonchev–Trinajstić information content (AvgIpc) is 3.37. The Morgan fingerprint density at radius 2 is 0.451 bits per heavy atom. The lowest BCUT2D eigenvalue weighted by Gasteiger charge is -2.22. The lowest BCUT2D eigenvalue weighted by Crippen LogP contribution is -2.45. The normalized spacial score (nSPS) is 12.6. The monoisotopic (exact) mass is 1000 g/mol. The van der Waals surface area contributed by atoms with Crippen LogP contribution >= 0.6 is 0 Å². The van der Waals surface area contributed by atoms with Gasteiger partial charge in [0, 0.05) is 6.42 Å². The Hall–Kier alpha value is -0.610. The van der Waals surface area contributed by atoms with Crippen molar-refractivity contribution in [2.45, 2.75) is 418 Å². The van der Waals surface area contributed by atoms with Gasteiger partial charge in [-0.3, -0.25) is 4.79 Å². The van der Waals surface area contributed by atoms with Crippen LogP contribution in [0.15, 0.2) is 0 Å². The third kappa shape index (κ3) is 60.1. The summed E-state index contributed by atoms with van der Waals surface area (Å²) in [4.78, 5) is 12.5. The molecular formula is C67H135NO3. The Kier molecular flexibility index (Phi) is 63.1. The van der Waals surface area contributed by atoms with E-state index in [2.05, 4.69) is 19.2 Å². The third-order valence-electron chi connectivity index (χ3n) is 16.4. The summed E-state index contributed by atoms with van der Waals surface area (Å²) in [7, 11) is 0. The molecule has 0 aromatic heterocycles. The topological polar surface area (TPSA) is 69.6 Å². The molecule has 0 saturated heterocycles. The number of aliphatic hydroxyl groups is 2. The van der Waals surface area contributed by atoms with Crippen LogP contribution in [0.3, 0.4) is 0 Å². The first-order valence-corrected chi connectivity index (χ1v) is 33.7. The van der Waals surface area contributed by atoms with Crippen LogP contribution in [0.4, 0.5) is 0 Å². The van der Waals surface area contributed by atoms with E-state index < -0.39 is 12.1 Å². The minimum Gasteiger partial charge on any atom is -0.394 e. The number of amides is 1. The number of hydrogen-bond acceptors (Lipinski definition) is 3. The van der Waals surface area contributed by atoms with Crippen LogP contribution in [-0.4, -0.2) is 34.9 Å². The van der Waals surface area contributed by atoms with Gasteiger partial charge in [0.1, 0.15) is 0 Å². The summed E-state index contributed by atoms with van der Waals surface area (Å²) < 4.78 is 0. The van der Waals surface area contributed by atoms with Gasteiger partial charge in [-0.05, 0) is 12.8 Å². The van der Waals surface area contributed by atoms with Crippen LogP contribution in [0.5, 0.6) is 0 Å². The van der Waals surface area contributed by atoms with E-state index in [1.807, 2.05) is 0 Å². The van der Waals surface area contributed by atoms with Crippen molar-refractivity contribution in [3.8, 4) is 0 Å². The molecule has 71 heavy (non-hydrogen) atoms. The van der Waals surface area contributed by atoms with Gasteiger partial charge in [-0.15, -0.1) is 0 Å². The first kappa shape index (κ1) is 70.4. The summed E-state index contributed by atoms with van der Waals surface area (Å²) in [6.45, 7) is 4.41. The second-order valence-electron chi connectivity index (χ2n) is 23.6. The fourth-order valence-electron chi connectivity index (χ4n) is 11.3. The van der Waals surface area contributed by atoms with E-state index in [0.717, 1.165) is 25.7 Å². The highest BCUT2D eigenvalue weighted by Crippen LogP contribution is 2.20. The summed E-state index contributed by atoms with van der Waals surface area (Å²) in [6.07, 6.45) is 83.1. The Labute approximate surface area is 448 Å². The predicted molar refractivity (Wildman–Crippen MR) is 318 cm³/mol. The molecule has 0 bridgehead atoms. The summed E-state index contributed by atoms with van der Waals surface area (Å²) >= 11 is 0. The van der Waals surface area contributed by atoms with Crippen LogP contribution in [0, 0.1) is 0 Å². The lowest BCUT2D eigenvalue weighted by atomic mass is 10.0. The molecule has 0 saturated carbocycles. The molecule has 0 aliphatic carbocycles. The SMILES string of the molecule is CCCCCCCCCCCCCCCCCCCCCCCCCCCCCCCCCCCCCCCCCCC(=O)NC(CO)C(O)CCCCCCCCCCCCCCCCCCCCC. The molecule has 0 heterocycles. The first-order chi connectivity index (χ1) is 35.2. The van der Waals surface area contributed by atoms with Crippen molar-refractivity contribution < 1.29 is 15.0 Å². The molecular weight excluding hydrogens is 867 g/mol. The van der Waals surface area contributed by atoms with Crippen molar-refractivity contribution in [2.75, 3.05) is 6.61 Å². The molecule has 0 aliphatic heterocycles. The Morgan fingerprint density at radius 1 is 0.282 bits per heavy atom. The Balaban J connectivity index is 3.32. The summed E-state index contributed by atoms with van der Waals surface area (Å²) in [6, 6.07) is -0.532. The van der Waals surface area contributed by atoms with Gasteiger partial charge in [0.15, 0.2) is 0 Å². The van der Waals surface area contributed by atoms with Crippen LogP contribution in [0.25, 0.3) is 0 Å². The van der Waals surface area contributed by atoms with E-state index >= 15 is 0 Å². The Morgan fingerprint density at radius 3 is 0.634 bits per heavy atom. The number of carbonyl (C=O) groups is 1. The number of aliphatic hydroxyl groups excluding tert-OH is 2.